The number of rotatable bonds is 3. The van der Waals surface area contributed by atoms with Gasteiger partial charge in [-0.3, -0.25) is 19.1 Å². The van der Waals surface area contributed by atoms with E-state index in [1.54, 1.807) is 42.5 Å². The van der Waals surface area contributed by atoms with Gasteiger partial charge in [-0.05, 0) is 35.9 Å². The molecule has 0 N–H and O–H groups in total. The number of nitrogens with zero attached hydrogens (tertiary/aromatic N) is 3. The fourth-order valence-electron chi connectivity index (χ4n) is 2.95. The van der Waals surface area contributed by atoms with Crippen LogP contribution in [0, 0.1) is 5.82 Å². The summed E-state index contributed by atoms with van der Waals surface area (Å²) >= 11 is 2.47. The van der Waals surface area contributed by atoms with Gasteiger partial charge < -0.3 is 9.64 Å². The second-order valence-corrected chi connectivity index (χ2v) is 8.25. The monoisotopic (exact) mass is 429 g/mol. The molecule has 1 aliphatic heterocycles. The lowest BCUT2D eigenvalue weighted by molar-refractivity contribution is -0.141. The Labute approximate surface area is 173 Å². The summed E-state index contributed by atoms with van der Waals surface area (Å²) in [6, 6.07) is 8.46. The molecule has 0 aliphatic carbocycles. The highest BCUT2D eigenvalue weighted by molar-refractivity contribution is 8.08. The van der Waals surface area contributed by atoms with Gasteiger partial charge in [0.2, 0.25) is 0 Å². The summed E-state index contributed by atoms with van der Waals surface area (Å²) in [6.45, 7) is -0.203. The van der Waals surface area contributed by atoms with Gasteiger partial charge in [0.15, 0.2) is 0 Å². The lowest BCUT2D eigenvalue weighted by Crippen LogP contribution is -2.36. The van der Waals surface area contributed by atoms with Crippen molar-refractivity contribution in [1.82, 2.24) is 9.55 Å². The number of fused-ring (bicyclic) bond motifs is 1. The fourth-order valence-corrected chi connectivity index (χ4v) is 5.37. The molecule has 0 saturated heterocycles. The number of thiazole rings is 1. The highest BCUT2D eigenvalue weighted by Gasteiger charge is 2.27. The molecule has 6 nitrogen and oxygen atoms in total. The molecule has 4 rings (SSSR count). The topological polar surface area (TPSA) is 64.4 Å². The minimum Gasteiger partial charge on any atom is -0.468 e. The van der Waals surface area contributed by atoms with Gasteiger partial charge in [0, 0.05) is 19.4 Å². The molecule has 9 heteroatoms. The maximum Gasteiger partial charge on any atom is 0.325 e. The number of carbonyl (C=O) groups is 1. The smallest absolute Gasteiger partial charge is 0.325 e. The van der Waals surface area contributed by atoms with Crippen LogP contribution in [0.2, 0.25) is 0 Å². The van der Waals surface area contributed by atoms with Crippen molar-refractivity contribution in [1.29, 1.82) is 0 Å². The van der Waals surface area contributed by atoms with Gasteiger partial charge >= 0.3 is 5.97 Å². The van der Waals surface area contributed by atoms with Crippen molar-refractivity contribution in [2.45, 2.75) is 11.4 Å². The van der Waals surface area contributed by atoms with Crippen LogP contribution in [0.5, 0.6) is 0 Å². The highest BCUT2D eigenvalue weighted by Crippen LogP contribution is 2.46. The van der Waals surface area contributed by atoms with Gasteiger partial charge in [0.25, 0.3) is 5.56 Å². The predicted octanol–water partition coefficient (Wildman–Crippen LogP) is 1.75. The van der Waals surface area contributed by atoms with Crippen molar-refractivity contribution in [3.05, 3.63) is 73.7 Å². The van der Waals surface area contributed by atoms with Crippen molar-refractivity contribution < 1.29 is 13.9 Å². The number of benzene rings is 1. The normalized spacial score (nSPS) is 15.6. The molecule has 29 heavy (non-hydrogen) atoms. The Bertz CT molecular complexity index is 1270. The zero-order valence-corrected chi connectivity index (χ0v) is 17.2. The van der Waals surface area contributed by atoms with E-state index in [2.05, 4.69) is 4.98 Å². The molecule has 0 saturated carbocycles. The summed E-state index contributed by atoms with van der Waals surface area (Å²) in [5, 5.41) is 0.632. The average molecular weight is 429 g/mol. The van der Waals surface area contributed by atoms with Crippen LogP contribution in [0.3, 0.4) is 0 Å². The van der Waals surface area contributed by atoms with E-state index < -0.39 is 5.97 Å². The first-order chi connectivity index (χ1) is 14.0. The molecule has 3 aromatic rings. The number of hydrogen-bond acceptors (Lipinski definition) is 7. The van der Waals surface area contributed by atoms with Crippen molar-refractivity contribution >= 4 is 45.9 Å². The maximum absolute atomic E-state index is 14.2. The predicted molar refractivity (Wildman–Crippen MR) is 112 cm³/mol. The number of esters is 1. The Morgan fingerprint density at radius 2 is 2.03 bits per heavy atom. The molecule has 1 aliphatic rings. The molecule has 3 heterocycles. The number of aromatic nitrogens is 2. The number of thioether (sulfide) groups is 1. The number of methoxy groups -OCH3 is 1. The maximum atomic E-state index is 14.2. The minimum atomic E-state index is -0.521. The van der Waals surface area contributed by atoms with Crippen molar-refractivity contribution in [3.8, 4) is 0 Å². The van der Waals surface area contributed by atoms with Crippen LogP contribution in [-0.2, 0) is 16.1 Å². The molecule has 0 fully saturated rings. The lowest BCUT2D eigenvalue weighted by Gasteiger charge is -2.11. The summed E-state index contributed by atoms with van der Waals surface area (Å²) in [5.41, 5.74) is 1.23. The molecule has 0 bridgehead atoms. The quantitative estimate of drug-likeness (QED) is 0.591. The van der Waals surface area contributed by atoms with E-state index in [0.29, 0.717) is 24.8 Å². The third-order valence-corrected chi connectivity index (χ3v) is 6.96. The van der Waals surface area contributed by atoms with Crippen LogP contribution < -0.4 is 19.7 Å². The first-order valence-corrected chi connectivity index (χ1v) is 10.3. The molecular weight excluding hydrogens is 413 g/mol. The Balaban J connectivity index is 1.95. The molecule has 2 aromatic heterocycles. The van der Waals surface area contributed by atoms with Crippen LogP contribution in [0.4, 0.5) is 10.1 Å². The number of hydrogen-bond donors (Lipinski definition) is 0. The summed E-state index contributed by atoms with van der Waals surface area (Å²) in [5.74, 6) is -0.850. The number of ether oxygens (including phenoxy) is 1. The number of pyridine rings is 1. The van der Waals surface area contributed by atoms with Crippen LogP contribution in [0.25, 0.3) is 11.1 Å². The zero-order chi connectivity index (χ0) is 20.5. The van der Waals surface area contributed by atoms with E-state index in [9.17, 15) is 14.0 Å². The summed E-state index contributed by atoms with van der Waals surface area (Å²) in [7, 11) is 3.07. The van der Waals surface area contributed by atoms with Gasteiger partial charge in [0.05, 0.1) is 22.4 Å². The van der Waals surface area contributed by atoms with Gasteiger partial charge in [-0.1, -0.05) is 17.8 Å². The average Bonchev–Trinajstić information content (AvgIpc) is 3.21. The van der Waals surface area contributed by atoms with Crippen molar-refractivity contribution in [2.24, 2.45) is 0 Å². The Morgan fingerprint density at radius 1 is 1.28 bits per heavy atom. The van der Waals surface area contributed by atoms with E-state index in [-0.39, 0.29) is 17.9 Å². The van der Waals surface area contributed by atoms with E-state index in [4.69, 9.17) is 4.74 Å². The van der Waals surface area contributed by atoms with Crippen LogP contribution in [0.1, 0.15) is 5.56 Å². The second-order valence-electron chi connectivity index (χ2n) is 6.22. The summed E-state index contributed by atoms with van der Waals surface area (Å²) < 4.78 is 21.4. The highest BCUT2D eigenvalue weighted by atomic mass is 32.2. The molecule has 0 amide bonds. The first kappa shape index (κ1) is 19.4. The second kappa shape index (κ2) is 7.84. The minimum absolute atomic E-state index is 0.203. The zero-order valence-electron chi connectivity index (χ0n) is 15.6. The molecular formula is C20H16FN3O3S2. The Morgan fingerprint density at radius 3 is 2.72 bits per heavy atom. The van der Waals surface area contributed by atoms with Crippen LogP contribution in [-0.4, -0.2) is 29.7 Å². The van der Waals surface area contributed by atoms with Gasteiger partial charge in [-0.25, -0.2) is 4.39 Å². The number of carbonyl (C=O) groups excluding carboxylic acids is 1. The largest absolute Gasteiger partial charge is 0.468 e. The Hall–Kier alpha value is -2.91. The number of halogens is 1. The molecule has 1 aromatic carbocycles. The number of anilines is 1. The van der Waals surface area contributed by atoms with E-state index in [1.165, 1.54) is 40.8 Å². The Kier molecular flexibility index (Phi) is 5.25. The fraction of sp³-hybridized carbons (Fsp3) is 0.150. The third kappa shape index (κ3) is 3.58. The summed E-state index contributed by atoms with van der Waals surface area (Å²) in [6.07, 6.45) is 5.11. The molecule has 0 unspecified atom stereocenters. The third-order valence-electron chi connectivity index (χ3n) is 4.43. The van der Waals surface area contributed by atoms with Crippen molar-refractivity contribution in [3.63, 3.8) is 0 Å². The van der Waals surface area contributed by atoms with Crippen LogP contribution >= 0.6 is 23.1 Å². The lowest BCUT2D eigenvalue weighted by atomic mass is 10.3. The standard InChI is InChI=1S/C20H16FN3O3S2/c1-23-14-5-3-4-13(21)17(14)29-20(23)18-19(26)24(11-16(25)27-2)15(28-18)10-12-6-8-22-9-7-12/h3-10H,11H2,1-2H3. The van der Waals surface area contributed by atoms with Gasteiger partial charge in [-0.15, -0.1) is 11.3 Å². The van der Waals surface area contributed by atoms with Gasteiger partial charge in [0.1, 0.15) is 21.9 Å². The van der Waals surface area contributed by atoms with E-state index in [0.717, 1.165) is 5.56 Å². The van der Waals surface area contributed by atoms with Gasteiger partial charge in [-0.2, -0.15) is 0 Å². The SMILES string of the molecule is COC(=O)Cn1c(=Cc2ccncc2)sc(=C2Sc3c(F)cccc3N2C)c1=O. The van der Waals surface area contributed by atoms with Crippen LogP contribution in [0.15, 0.2) is 52.4 Å². The molecule has 148 valence electrons. The van der Waals surface area contributed by atoms with Crippen molar-refractivity contribution in [2.75, 3.05) is 19.1 Å². The van der Waals surface area contributed by atoms with E-state index >= 15 is 0 Å². The molecule has 0 radical (unpaired) electrons. The summed E-state index contributed by atoms with van der Waals surface area (Å²) in [4.78, 5) is 31.3. The molecule has 0 atom stereocenters. The first-order valence-electron chi connectivity index (χ1n) is 8.62. The van der Waals surface area contributed by atoms with E-state index in [1.807, 2.05) is 12.1 Å². The molecule has 0 spiro atoms.